The molecule has 3 aromatic heterocycles. The minimum atomic E-state index is 0.651. The highest BCUT2D eigenvalue weighted by Crippen LogP contribution is 2.40. The molecule has 58 heavy (non-hydrogen) atoms. The molecule has 0 aliphatic carbocycles. The lowest BCUT2D eigenvalue weighted by molar-refractivity contribution is 0.669. The van der Waals surface area contributed by atoms with E-state index in [-0.39, 0.29) is 0 Å². The second-order valence-corrected chi connectivity index (χ2v) is 15.0. The highest BCUT2D eigenvalue weighted by Gasteiger charge is 2.19. The average Bonchev–Trinajstić information content (AvgIpc) is 3.85. The third kappa shape index (κ3) is 5.16. The standard InChI is InChI=1S/C54H33N3O/c1-2-11-34(12-3-1)38-13-10-14-41(31-38)53-43-16-4-7-18-47(43)55-54(56-53)57-48-19-8-5-17-44(48)52-45-32-39(26-25-37(45)27-29-49(52)57)35-21-23-36(24-22-35)40-28-30-51-46(33-40)42-15-6-9-20-50(42)58-51/h1-33H. The molecule has 0 N–H and O–H groups in total. The van der Waals surface area contributed by atoms with Gasteiger partial charge < -0.3 is 4.42 Å². The lowest BCUT2D eigenvalue weighted by Gasteiger charge is -2.13. The van der Waals surface area contributed by atoms with Gasteiger partial charge in [-0.3, -0.25) is 4.57 Å². The van der Waals surface area contributed by atoms with Crippen LogP contribution in [0.2, 0.25) is 0 Å². The van der Waals surface area contributed by atoms with Gasteiger partial charge in [0.05, 0.1) is 22.2 Å². The quantitative estimate of drug-likeness (QED) is 0.177. The van der Waals surface area contributed by atoms with Gasteiger partial charge in [0.2, 0.25) is 5.95 Å². The summed E-state index contributed by atoms with van der Waals surface area (Å²) in [7, 11) is 0. The second kappa shape index (κ2) is 12.9. The Labute approximate surface area is 333 Å². The monoisotopic (exact) mass is 739 g/mol. The molecule has 9 aromatic carbocycles. The maximum absolute atomic E-state index is 6.09. The van der Waals surface area contributed by atoms with E-state index in [0.29, 0.717) is 5.95 Å². The van der Waals surface area contributed by atoms with Crippen molar-refractivity contribution in [3.63, 3.8) is 0 Å². The maximum Gasteiger partial charge on any atom is 0.235 e. The Kier molecular flexibility index (Phi) is 7.20. The molecule has 0 atom stereocenters. The zero-order valence-corrected chi connectivity index (χ0v) is 31.3. The van der Waals surface area contributed by atoms with Crippen molar-refractivity contribution in [2.45, 2.75) is 0 Å². The minimum absolute atomic E-state index is 0.651. The molecule has 0 saturated heterocycles. The van der Waals surface area contributed by atoms with Gasteiger partial charge in [-0.1, -0.05) is 152 Å². The van der Waals surface area contributed by atoms with E-state index in [1.54, 1.807) is 0 Å². The summed E-state index contributed by atoms with van der Waals surface area (Å²) in [5.41, 5.74) is 13.8. The van der Waals surface area contributed by atoms with Gasteiger partial charge in [-0.15, -0.1) is 0 Å². The van der Waals surface area contributed by atoms with Crippen LogP contribution >= 0.6 is 0 Å². The van der Waals surface area contributed by atoms with Crippen molar-refractivity contribution in [1.29, 1.82) is 0 Å². The van der Waals surface area contributed by atoms with E-state index in [0.717, 1.165) is 60.7 Å². The van der Waals surface area contributed by atoms with Crippen molar-refractivity contribution >= 4 is 65.4 Å². The van der Waals surface area contributed by atoms with Crippen LogP contribution in [0.3, 0.4) is 0 Å². The van der Waals surface area contributed by atoms with Gasteiger partial charge in [-0.05, 0) is 92.7 Å². The number of hydrogen-bond acceptors (Lipinski definition) is 3. The van der Waals surface area contributed by atoms with Gasteiger partial charge in [-0.25, -0.2) is 9.97 Å². The molecule has 0 unspecified atom stereocenters. The molecule has 12 aromatic rings. The van der Waals surface area contributed by atoms with E-state index in [2.05, 4.69) is 193 Å². The van der Waals surface area contributed by atoms with E-state index in [1.165, 1.54) is 49.4 Å². The Morgan fingerprint density at radius 1 is 0.345 bits per heavy atom. The topological polar surface area (TPSA) is 43.9 Å². The summed E-state index contributed by atoms with van der Waals surface area (Å²) in [6.07, 6.45) is 0. The highest BCUT2D eigenvalue weighted by molar-refractivity contribution is 6.21. The van der Waals surface area contributed by atoms with Crippen molar-refractivity contribution in [1.82, 2.24) is 14.5 Å². The number of rotatable bonds is 5. The second-order valence-electron chi connectivity index (χ2n) is 15.0. The van der Waals surface area contributed by atoms with Crippen molar-refractivity contribution in [2.75, 3.05) is 0 Å². The minimum Gasteiger partial charge on any atom is -0.456 e. The number of furan rings is 1. The number of nitrogens with zero attached hydrogens (tertiary/aromatic N) is 3. The van der Waals surface area contributed by atoms with Crippen LogP contribution in [0.15, 0.2) is 205 Å². The van der Waals surface area contributed by atoms with Gasteiger partial charge in [0.1, 0.15) is 11.2 Å². The van der Waals surface area contributed by atoms with Gasteiger partial charge in [-0.2, -0.15) is 0 Å². The van der Waals surface area contributed by atoms with Crippen LogP contribution < -0.4 is 0 Å². The van der Waals surface area contributed by atoms with Crippen molar-refractivity contribution in [2.24, 2.45) is 0 Å². The Bertz CT molecular complexity index is 3560. The third-order valence-corrected chi connectivity index (χ3v) is 11.6. The summed E-state index contributed by atoms with van der Waals surface area (Å²) in [5.74, 6) is 0.651. The molecule has 270 valence electrons. The fourth-order valence-electron chi connectivity index (χ4n) is 8.80. The van der Waals surface area contributed by atoms with Gasteiger partial charge >= 0.3 is 0 Å². The molecule has 4 nitrogen and oxygen atoms in total. The first-order valence-electron chi connectivity index (χ1n) is 19.6. The molecular formula is C54H33N3O. The Hall–Kier alpha value is -7.82. The highest BCUT2D eigenvalue weighted by atomic mass is 16.3. The lowest BCUT2D eigenvalue weighted by Crippen LogP contribution is -2.03. The SMILES string of the molecule is c1ccc(-c2cccc(-c3nc(-n4c5ccccc5c5c6cc(-c7ccc(-c8ccc9oc%10ccccc%10c9c8)cc7)ccc6ccc54)nc4ccccc34)c2)cc1. The normalized spacial score (nSPS) is 11.8. The molecule has 0 radical (unpaired) electrons. The number of fused-ring (bicyclic) bond motifs is 9. The van der Waals surface area contributed by atoms with E-state index in [9.17, 15) is 0 Å². The summed E-state index contributed by atoms with van der Waals surface area (Å²) in [6, 6.07) is 71.0. The van der Waals surface area contributed by atoms with Crippen LogP contribution in [0.4, 0.5) is 0 Å². The summed E-state index contributed by atoms with van der Waals surface area (Å²) >= 11 is 0. The summed E-state index contributed by atoms with van der Waals surface area (Å²) in [6.45, 7) is 0. The first kappa shape index (κ1) is 32.4. The zero-order chi connectivity index (χ0) is 38.2. The molecular weight excluding hydrogens is 707 g/mol. The summed E-state index contributed by atoms with van der Waals surface area (Å²) in [5, 5.41) is 8.04. The fraction of sp³-hybridized carbons (Fsp3) is 0. The van der Waals surface area contributed by atoms with Crippen molar-refractivity contribution < 1.29 is 4.42 Å². The molecule has 0 amide bonds. The fourth-order valence-corrected chi connectivity index (χ4v) is 8.80. The lowest BCUT2D eigenvalue weighted by atomic mass is 9.96. The number of hydrogen-bond donors (Lipinski definition) is 0. The van der Waals surface area contributed by atoms with Crippen molar-refractivity contribution in [3.05, 3.63) is 200 Å². The largest absolute Gasteiger partial charge is 0.456 e. The smallest absolute Gasteiger partial charge is 0.235 e. The summed E-state index contributed by atoms with van der Waals surface area (Å²) in [4.78, 5) is 10.6. The Morgan fingerprint density at radius 3 is 1.78 bits per heavy atom. The van der Waals surface area contributed by atoms with E-state index in [1.807, 2.05) is 12.1 Å². The predicted molar refractivity (Wildman–Crippen MR) is 240 cm³/mol. The molecule has 0 bridgehead atoms. The molecule has 0 aliphatic heterocycles. The number of aromatic nitrogens is 3. The van der Waals surface area contributed by atoms with E-state index < -0.39 is 0 Å². The third-order valence-electron chi connectivity index (χ3n) is 11.6. The number of benzene rings is 9. The Morgan fingerprint density at radius 2 is 0.931 bits per heavy atom. The first-order valence-corrected chi connectivity index (χ1v) is 19.6. The van der Waals surface area contributed by atoms with Crippen LogP contribution in [0.1, 0.15) is 0 Å². The molecule has 4 heteroatoms. The average molecular weight is 740 g/mol. The van der Waals surface area contributed by atoms with Crippen LogP contribution in [0.25, 0.3) is 116 Å². The maximum atomic E-state index is 6.09. The van der Waals surface area contributed by atoms with Crippen LogP contribution in [-0.4, -0.2) is 14.5 Å². The van der Waals surface area contributed by atoms with Crippen LogP contribution in [0, 0.1) is 0 Å². The number of para-hydroxylation sites is 3. The van der Waals surface area contributed by atoms with Crippen LogP contribution in [0.5, 0.6) is 0 Å². The van der Waals surface area contributed by atoms with Gasteiger partial charge in [0.15, 0.2) is 0 Å². The molecule has 0 spiro atoms. The van der Waals surface area contributed by atoms with E-state index in [4.69, 9.17) is 14.4 Å². The first-order chi connectivity index (χ1) is 28.7. The molecule has 0 saturated carbocycles. The van der Waals surface area contributed by atoms with Gasteiger partial charge in [0, 0.05) is 32.5 Å². The molecule has 0 fully saturated rings. The summed E-state index contributed by atoms with van der Waals surface area (Å²) < 4.78 is 8.33. The molecule has 3 heterocycles. The van der Waals surface area contributed by atoms with Crippen molar-refractivity contribution in [3.8, 4) is 50.6 Å². The van der Waals surface area contributed by atoms with Gasteiger partial charge in [0.25, 0.3) is 0 Å². The molecule has 12 rings (SSSR count). The predicted octanol–water partition coefficient (Wildman–Crippen LogP) is 14.4. The Balaban J connectivity index is 0.993. The zero-order valence-electron chi connectivity index (χ0n) is 31.3. The van der Waals surface area contributed by atoms with E-state index >= 15 is 0 Å². The molecule has 0 aliphatic rings. The van der Waals surface area contributed by atoms with Crippen LogP contribution in [-0.2, 0) is 0 Å².